The van der Waals surface area contributed by atoms with Crippen LogP contribution in [0.5, 0.6) is 0 Å². The Morgan fingerprint density at radius 3 is 2.50 bits per heavy atom. The first-order valence-electron chi connectivity index (χ1n) is 13.3. The first-order valence-corrected chi connectivity index (χ1v) is 14.5. The third kappa shape index (κ3) is 4.06. The van der Waals surface area contributed by atoms with E-state index in [1.165, 1.54) is 0 Å². The van der Waals surface area contributed by atoms with Crippen LogP contribution in [-0.2, 0) is 27.6 Å². The molecule has 38 heavy (non-hydrogen) atoms. The monoisotopic (exact) mass is 534 g/mol. The van der Waals surface area contributed by atoms with Gasteiger partial charge in [0.2, 0.25) is 16.8 Å². The molecule has 1 saturated carbocycles. The standard InChI is InChI=1S/C28H34N6O3S/c1-32(2)21-7-11-34(12-8-21)26-20(16-31-38(36)37)13-19(15-30-26)18-5-6-23-22(14-18)25-24(17-29-23)33(3)27(35)28(25)9-4-10-28/h5-6,13-15,17,21,38H,4,7-12,16H2,1-3H3,(H,31,36,37). The highest BCUT2D eigenvalue weighted by molar-refractivity contribution is 7.70. The molecule has 4 heterocycles. The molecule has 0 unspecified atom stereocenters. The average Bonchev–Trinajstić information content (AvgIpc) is 3.14. The van der Waals surface area contributed by atoms with Gasteiger partial charge in [-0.05, 0) is 63.5 Å². The molecular formula is C28H34N6O3S. The SMILES string of the molecule is CN1C(=O)C2(CCC2)c2c1cnc1ccc(-c3cnc(N4CCC(N(C)C)CC4)c(CN[SH](=O)=O)c3)cc21. The van der Waals surface area contributed by atoms with Gasteiger partial charge in [-0.15, -0.1) is 0 Å². The molecule has 1 saturated heterocycles. The number of likely N-dealkylation sites (N-methyl/N-ethyl adjacent to an activating group) is 1. The molecule has 1 aromatic carbocycles. The quantitative estimate of drug-likeness (QED) is 0.469. The second-order valence-electron chi connectivity index (χ2n) is 11.0. The summed E-state index contributed by atoms with van der Waals surface area (Å²) in [5.41, 5.74) is 5.18. The van der Waals surface area contributed by atoms with Crippen molar-refractivity contribution in [1.29, 1.82) is 0 Å². The number of pyridine rings is 2. The second kappa shape index (κ2) is 9.59. The number of anilines is 2. The molecular weight excluding hydrogens is 500 g/mol. The topological polar surface area (TPSA) is 98.7 Å². The van der Waals surface area contributed by atoms with Crippen molar-refractivity contribution in [2.45, 2.75) is 50.1 Å². The van der Waals surface area contributed by atoms with Crippen LogP contribution in [0.15, 0.2) is 36.7 Å². The molecule has 3 aromatic rings. The van der Waals surface area contributed by atoms with Gasteiger partial charge in [-0.1, -0.05) is 12.5 Å². The highest BCUT2D eigenvalue weighted by atomic mass is 32.2. The van der Waals surface area contributed by atoms with Crippen molar-refractivity contribution < 1.29 is 13.2 Å². The fourth-order valence-electron chi connectivity index (χ4n) is 6.47. The molecule has 1 aliphatic carbocycles. The lowest BCUT2D eigenvalue weighted by molar-refractivity contribution is -0.125. The maximum atomic E-state index is 13.2. The van der Waals surface area contributed by atoms with Crippen molar-refractivity contribution in [1.82, 2.24) is 19.6 Å². The van der Waals surface area contributed by atoms with E-state index in [2.05, 4.69) is 39.7 Å². The number of nitrogens with zero attached hydrogens (tertiary/aromatic N) is 5. The van der Waals surface area contributed by atoms with Gasteiger partial charge in [0, 0.05) is 61.0 Å². The van der Waals surface area contributed by atoms with Gasteiger partial charge in [-0.25, -0.2) is 18.1 Å². The Kier molecular flexibility index (Phi) is 6.36. The van der Waals surface area contributed by atoms with Gasteiger partial charge in [0.1, 0.15) is 5.82 Å². The average molecular weight is 535 g/mol. The van der Waals surface area contributed by atoms with Crippen LogP contribution in [0.25, 0.3) is 22.0 Å². The Morgan fingerprint density at radius 2 is 1.84 bits per heavy atom. The summed E-state index contributed by atoms with van der Waals surface area (Å²) in [4.78, 5) is 29.0. The predicted octanol–water partition coefficient (Wildman–Crippen LogP) is 2.84. The zero-order chi connectivity index (χ0) is 26.6. The Balaban J connectivity index is 1.40. The van der Waals surface area contributed by atoms with Crippen molar-refractivity contribution in [3.8, 4) is 11.1 Å². The van der Waals surface area contributed by atoms with Gasteiger partial charge in [0.05, 0.1) is 22.8 Å². The van der Waals surface area contributed by atoms with Crippen molar-refractivity contribution in [2.75, 3.05) is 44.0 Å². The molecule has 2 aromatic heterocycles. The van der Waals surface area contributed by atoms with Crippen LogP contribution in [0.1, 0.15) is 43.2 Å². The molecule has 1 N–H and O–H groups in total. The lowest BCUT2D eigenvalue weighted by Crippen LogP contribution is -2.43. The van der Waals surface area contributed by atoms with E-state index >= 15 is 0 Å². The number of hydrogen-bond acceptors (Lipinski definition) is 7. The molecule has 3 aliphatic rings. The molecule has 10 heteroatoms. The zero-order valence-electron chi connectivity index (χ0n) is 22.1. The maximum absolute atomic E-state index is 13.2. The van der Waals surface area contributed by atoms with Crippen LogP contribution >= 0.6 is 0 Å². The Hall–Kier alpha value is -3.08. The summed E-state index contributed by atoms with van der Waals surface area (Å²) in [6, 6.07) is 8.74. The molecule has 2 aliphatic heterocycles. The fourth-order valence-corrected chi connectivity index (χ4v) is 6.77. The first kappa shape index (κ1) is 25.2. The van der Waals surface area contributed by atoms with Crippen molar-refractivity contribution in [3.05, 3.63) is 47.8 Å². The molecule has 0 bridgehead atoms. The number of benzene rings is 1. The van der Waals surface area contributed by atoms with Crippen LogP contribution in [0.2, 0.25) is 0 Å². The predicted molar refractivity (Wildman–Crippen MR) is 150 cm³/mol. The highest BCUT2D eigenvalue weighted by Crippen LogP contribution is 2.55. The minimum absolute atomic E-state index is 0.169. The largest absolute Gasteiger partial charge is 0.356 e. The van der Waals surface area contributed by atoms with Gasteiger partial charge in [-0.3, -0.25) is 9.78 Å². The number of piperidine rings is 1. The summed E-state index contributed by atoms with van der Waals surface area (Å²) in [6.45, 7) is 1.95. The zero-order valence-corrected chi connectivity index (χ0v) is 23.0. The van der Waals surface area contributed by atoms with E-state index in [-0.39, 0.29) is 12.5 Å². The number of aromatic nitrogens is 2. The van der Waals surface area contributed by atoms with Crippen molar-refractivity contribution in [3.63, 3.8) is 0 Å². The first-order chi connectivity index (χ1) is 18.3. The fraction of sp³-hybridized carbons (Fsp3) is 0.464. The summed E-state index contributed by atoms with van der Waals surface area (Å²) >= 11 is 0. The van der Waals surface area contributed by atoms with Gasteiger partial charge >= 0.3 is 0 Å². The number of hydrogen-bond donors (Lipinski definition) is 2. The second-order valence-corrected chi connectivity index (χ2v) is 11.9. The molecule has 6 rings (SSSR count). The number of amides is 1. The smallest absolute Gasteiger partial charge is 0.237 e. The molecule has 200 valence electrons. The maximum Gasteiger partial charge on any atom is 0.237 e. The van der Waals surface area contributed by atoms with Gasteiger partial charge in [0.15, 0.2) is 0 Å². The van der Waals surface area contributed by atoms with Crippen LogP contribution in [0.3, 0.4) is 0 Å². The van der Waals surface area contributed by atoms with Crippen molar-refractivity contribution >= 4 is 39.2 Å². The van der Waals surface area contributed by atoms with E-state index < -0.39 is 16.3 Å². The summed E-state index contributed by atoms with van der Waals surface area (Å²) < 4.78 is 25.3. The van der Waals surface area contributed by atoms with Gasteiger partial charge in [0.25, 0.3) is 0 Å². The van der Waals surface area contributed by atoms with Crippen LogP contribution in [0.4, 0.5) is 11.5 Å². The van der Waals surface area contributed by atoms with Crippen LogP contribution in [0, 0.1) is 0 Å². The van der Waals surface area contributed by atoms with E-state index in [4.69, 9.17) is 4.98 Å². The van der Waals surface area contributed by atoms with Crippen LogP contribution < -0.4 is 14.5 Å². The minimum Gasteiger partial charge on any atom is -0.356 e. The van der Waals surface area contributed by atoms with E-state index in [1.807, 2.05) is 37.6 Å². The van der Waals surface area contributed by atoms with Crippen molar-refractivity contribution in [2.24, 2.45) is 0 Å². The highest BCUT2D eigenvalue weighted by Gasteiger charge is 2.54. The van der Waals surface area contributed by atoms with Gasteiger partial charge < -0.3 is 14.7 Å². The molecule has 1 spiro atoms. The van der Waals surface area contributed by atoms with E-state index in [0.717, 1.165) is 89.9 Å². The molecule has 0 atom stereocenters. The molecule has 1 amide bonds. The third-order valence-corrected chi connectivity index (χ3v) is 9.19. The number of rotatable bonds is 6. The summed E-state index contributed by atoms with van der Waals surface area (Å²) in [6.07, 6.45) is 8.58. The summed E-state index contributed by atoms with van der Waals surface area (Å²) in [5.74, 6) is 1.00. The van der Waals surface area contributed by atoms with E-state index in [9.17, 15) is 13.2 Å². The summed E-state index contributed by atoms with van der Waals surface area (Å²) in [7, 11) is 3.35. The Bertz CT molecular complexity index is 1480. The third-order valence-electron chi connectivity index (χ3n) is 8.78. The summed E-state index contributed by atoms with van der Waals surface area (Å²) in [5, 5.41) is 1.01. The number of nitrogens with one attached hydrogen (secondary N) is 1. The molecule has 9 nitrogen and oxygen atoms in total. The minimum atomic E-state index is -2.72. The Labute approximate surface area is 224 Å². The number of fused-ring (bicyclic) bond motifs is 4. The van der Waals surface area contributed by atoms with Gasteiger partial charge in [-0.2, -0.15) is 0 Å². The van der Waals surface area contributed by atoms with E-state index in [1.54, 1.807) is 4.90 Å². The Morgan fingerprint density at radius 1 is 1.08 bits per heavy atom. The number of carbonyl (C=O) groups is 1. The lowest BCUT2D eigenvalue weighted by Gasteiger charge is -2.37. The number of carbonyl (C=O) groups excluding carboxylic acids is 1. The number of thiol groups is 1. The normalized spacial score (nSPS) is 19.1. The molecule has 0 radical (unpaired) electrons. The molecule has 2 fully saturated rings. The van der Waals surface area contributed by atoms with E-state index in [0.29, 0.717) is 6.04 Å². The lowest BCUT2D eigenvalue weighted by atomic mass is 9.64. The van der Waals surface area contributed by atoms with Crippen LogP contribution in [-0.4, -0.2) is 69.5 Å².